The van der Waals surface area contributed by atoms with E-state index in [-0.39, 0.29) is 39.5 Å². The standard InChI is InChI=1S/C25H32N5O6S2/c1-4-17-13-18(28-37(32,33)19-9-10-19)14-22(17)27-24-21-11-12-29(25(21)26-15-23(24)30(31)36-3)38(34,35)20-7-5-16(2)6-8-20/h5-8,11-12,15,17-19,22,28H,4,9-10,13-14H2,1-3H3,(H,26,27)/q+1/t17-,18?,22+/m1/s1. The van der Waals surface area contributed by atoms with Crippen LogP contribution in [-0.2, 0) is 24.9 Å². The number of fused-ring (bicyclic) bond motifs is 1. The smallest absolute Gasteiger partial charge is 0.358 e. The molecule has 0 bridgehead atoms. The zero-order valence-corrected chi connectivity index (χ0v) is 23.1. The number of hydrogen-bond donors (Lipinski definition) is 2. The van der Waals surface area contributed by atoms with Gasteiger partial charge >= 0.3 is 5.69 Å². The fourth-order valence-corrected chi connectivity index (χ4v) is 8.11. The molecule has 38 heavy (non-hydrogen) atoms. The van der Waals surface area contributed by atoms with Crippen molar-refractivity contribution in [1.82, 2.24) is 13.7 Å². The monoisotopic (exact) mass is 562 g/mol. The molecule has 0 radical (unpaired) electrons. The molecule has 0 saturated heterocycles. The SMILES string of the molecule is CC[C@@H]1CC(NS(=O)(=O)C2CC2)C[C@@H]1Nc1c([N+](=O)OC)cnc2c1ccn2S(=O)(=O)c1ccc(C)cc1. The van der Waals surface area contributed by atoms with Crippen LogP contribution in [0.3, 0.4) is 0 Å². The lowest BCUT2D eigenvalue weighted by Gasteiger charge is -2.20. The molecule has 1 unspecified atom stereocenters. The van der Waals surface area contributed by atoms with Crippen molar-refractivity contribution in [2.45, 2.75) is 68.2 Å². The molecular formula is C25H32N5O6S2+. The minimum Gasteiger partial charge on any atom is -0.376 e. The summed E-state index contributed by atoms with van der Waals surface area (Å²) in [5.74, 6) is 0.138. The van der Waals surface area contributed by atoms with Gasteiger partial charge in [-0.15, -0.1) is 0 Å². The Morgan fingerprint density at radius 1 is 1.11 bits per heavy atom. The van der Waals surface area contributed by atoms with E-state index in [4.69, 9.17) is 4.84 Å². The summed E-state index contributed by atoms with van der Waals surface area (Å²) in [6, 6.07) is 7.77. The highest BCUT2D eigenvalue weighted by Crippen LogP contribution is 2.39. The summed E-state index contributed by atoms with van der Waals surface area (Å²) in [5, 5.41) is 3.58. The fraction of sp³-hybridized carbons (Fsp3) is 0.480. The van der Waals surface area contributed by atoms with Crippen LogP contribution in [0.5, 0.6) is 0 Å². The topological polar surface area (TPSA) is 139 Å². The van der Waals surface area contributed by atoms with Crippen molar-refractivity contribution in [3.8, 4) is 0 Å². The molecule has 0 spiro atoms. The molecule has 5 rings (SSSR count). The summed E-state index contributed by atoms with van der Waals surface area (Å²) in [4.78, 5) is 22.2. The molecule has 2 aliphatic rings. The third-order valence-electron chi connectivity index (χ3n) is 7.44. The van der Waals surface area contributed by atoms with Crippen molar-refractivity contribution in [2.75, 3.05) is 12.4 Å². The molecule has 2 fully saturated rings. The average molecular weight is 563 g/mol. The molecule has 0 amide bonds. The van der Waals surface area contributed by atoms with Gasteiger partial charge in [-0.1, -0.05) is 31.0 Å². The van der Waals surface area contributed by atoms with Gasteiger partial charge in [-0.25, -0.2) is 35.4 Å². The van der Waals surface area contributed by atoms with Crippen LogP contribution < -0.4 is 10.0 Å². The quantitative estimate of drug-likeness (QED) is 0.357. The molecule has 2 saturated carbocycles. The van der Waals surface area contributed by atoms with Crippen LogP contribution in [0.4, 0.5) is 11.4 Å². The predicted molar refractivity (Wildman–Crippen MR) is 143 cm³/mol. The van der Waals surface area contributed by atoms with E-state index < -0.39 is 20.0 Å². The first kappa shape index (κ1) is 26.6. The number of rotatable bonds is 10. The van der Waals surface area contributed by atoms with Crippen molar-refractivity contribution in [1.29, 1.82) is 0 Å². The Kier molecular flexibility index (Phi) is 6.95. The Labute approximate surface area is 222 Å². The molecule has 2 heterocycles. The molecular weight excluding hydrogens is 530 g/mol. The van der Waals surface area contributed by atoms with Crippen LogP contribution in [0.15, 0.2) is 47.6 Å². The third-order valence-corrected chi connectivity index (χ3v) is 11.1. The molecule has 1 aromatic carbocycles. The van der Waals surface area contributed by atoms with Gasteiger partial charge in [-0.3, -0.25) is 0 Å². The third kappa shape index (κ3) is 4.90. The van der Waals surface area contributed by atoms with Crippen LogP contribution in [0.25, 0.3) is 11.0 Å². The van der Waals surface area contributed by atoms with E-state index in [1.165, 1.54) is 19.5 Å². The lowest BCUT2D eigenvalue weighted by molar-refractivity contribution is -0.736. The summed E-state index contributed by atoms with van der Waals surface area (Å²) in [6.45, 7) is 3.92. The number of pyridine rings is 1. The van der Waals surface area contributed by atoms with Crippen LogP contribution >= 0.6 is 0 Å². The van der Waals surface area contributed by atoms with Gasteiger partial charge in [0.15, 0.2) is 12.8 Å². The number of hydrogen-bond acceptors (Lipinski definition) is 8. The number of sulfonamides is 1. The molecule has 2 N–H and O–H groups in total. The molecule has 2 aliphatic carbocycles. The number of benzene rings is 1. The van der Waals surface area contributed by atoms with Crippen LogP contribution in [-0.4, -0.2) is 55.2 Å². The van der Waals surface area contributed by atoms with E-state index in [0.29, 0.717) is 41.7 Å². The molecule has 2 aromatic heterocycles. The van der Waals surface area contributed by atoms with E-state index in [0.717, 1.165) is 16.0 Å². The molecule has 11 nitrogen and oxygen atoms in total. The van der Waals surface area contributed by atoms with Crippen molar-refractivity contribution in [3.05, 3.63) is 53.2 Å². The van der Waals surface area contributed by atoms with Gasteiger partial charge in [0, 0.05) is 18.3 Å². The average Bonchev–Trinajstić information content (AvgIpc) is 3.56. The fourth-order valence-electron chi connectivity index (χ4n) is 5.20. The first-order chi connectivity index (χ1) is 18.0. The lowest BCUT2D eigenvalue weighted by Crippen LogP contribution is -2.36. The van der Waals surface area contributed by atoms with E-state index in [2.05, 4.69) is 15.0 Å². The molecule has 3 atom stereocenters. The van der Waals surface area contributed by atoms with Gasteiger partial charge in [0.2, 0.25) is 10.0 Å². The van der Waals surface area contributed by atoms with E-state index in [9.17, 15) is 21.7 Å². The second kappa shape index (κ2) is 9.93. The summed E-state index contributed by atoms with van der Waals surface area (Å²) in [6.07, 6.45) is 6.08. The van der Waals surface area contributed by atoms with Gasteiger partial charge < -0.3 is 5.32 Å². The van der Waals surface area contributed by atoms with Gasteiger partial charge in [0.25, 0.3) is 14.9 Å². The van der Waals surface area contributed by atoms with Gasteiger partial charge in [-0.05, 0) is 56.7 Å². The Hall–Kier alpha value is -3.03. The summed E-state index contributed by atoms with van der Waals surface area (Å²) < 4.78 is 55.9. The predicted octanol–water partition coefficient (Wildman–Crippen LogP) is 3.60. The van der Waals surface area contributed by atoms with Crippen molar-refractivity contribution in [3.63, 3.8) is 0 Å². The number of aryl methyl sites for hydroxylation is 1. The second-order valence-corrected chi connectivity index (χ2v) is 13.9. The Morgan fingerprint density at radius 2 is 1.82 bits per heavy atom. The van der Waals surface area contributed by atoms with Crippen LogP contribution in [0, 0.1) is 17.7 Å². The molecule has 3 aromatic rings. The van der Waals surface area contributed by atoms with Crippen LogP contribution in [0.2, 0.25) is 0 Å². The highest BCUT2D eigenvalue weighted by Gasteiger charge is 2.41. The van der Waals surface area contributed by atoms with Gasteiger partial charge in [0.1, 0.15) is 11.9 Å². The maximum atomic E-state index is 13.4. The lowest BCUT2D eigenvalue weighted by atomic mass is 10.00. The Morgan fingerprint density at radius 3 is 2.45 bits per heavy atom. The number of nitrogens with zero attached hydrogens (tertiary/aromatic N) is 3. The first-order valence-corrected chi connectivity index (χ1v) is 15.6. The molecule has 204 valence electrons. The maximum Gasteiger partial charge on any atom is 0.358 e. The largest absolute Gasteiger partial charge is 0.376 e. The first-order valence-electron chi connectivity index (χ1n) is 12.7. The minimum absolute atomic E-state index is 0.0994. The summed E-state index contributed by atoms with van der Waals surface area (Å²) in [7, 11) is -6.04. The maximum absolute atomic E-state index is 13.4. The second-order valence-electron chi connectivity index (χ2n) is 10.1. The van der Waals surface area contributed by atoms with Crippen molar-refractivity contribution >= 4 is 42.5 Å². The van der Waals surface area contributed by atoms with Crippen molar-refractivity contribution in [2.24, 2.45) is 5.92 Å². The highest BCUT2D eigenvalue weighted by molar-refractivity contribution is 7.90. The van der Waals surface area contributed by atoms with E-state index in [1.807, 2.05) is 13.8 Å². The zero-order valence-electron chi connectivity index (χ0n) is 21.5. The Bertz CT molecular complexity index is 1580. The van der Waals surface area contributed by atoms with Gasteiger partial charge in [0.05, 0.1) is 20.4 Å². The van der Waals surface area contributed by atoms with Crippen LogP contribution in [0.1, 0.15) is 44.6 Å². The normalized spacial score (nSPS) is 22.0. The molecule has 13 heteroatoms. The van der Waals surface area contributed by atoms with E-state index >= 15 is 0 Å². The number of anilines is 1. The van der Waals surface area contributed by atoms with Gasteiger partial charge in [-0.2, -0.15) is 0 Å². The molecule has 0 aliphatic heterocycles. The highest BCUT2D eigenvalue weighted by atomic mass is 32.2. The Balaban J connectivity index is 1.52. The minimum atomic E-state index is -3.94. The van der Waals surface area contributed by atoms with E-state index in [1.54, 1.807) is 30.3 Å². The van der Waals surface area contributed by atoms with Crippen molar-refractivity contribution < 1.29 is 26.6 Å². The number of nitrogens with one attached hydrogen (secondary N) is 2. The summed E-state index contributed by atoms with van der Waals surface area (Å²) >= 11 is 0. The summed E-state index contributed by atoms with van der Waals surface area (Å²) in [5.41, 5.74) is 1.59. The number of aromatic nitrogens is 2. The zero-order chi connectivity index (χ0) is 27.2.